The minimum absolute atomic E-state index is 0.0117. The lowest BCUT2D eigenvalue weighted by Gasteiger charge is -2.23. The third-order valence-electron chi connectivity index (χ3n) is 3.27. The molecule has 0 heterocycles. The molecule has 0 bridgehead atoms. The van der Waals surface area contributed by atoms with Crippen molar-refractivity contribution in [2.24, 2.45) is 0 Å². The van der Waals surface area contributed by atoms with E-state index < -0.39 is 0 Å². The van der Waals surface area contributed by atoms with Crippen LogP contribution in [-0.4, -0.2) is 41.3 Å². The first kappa shape index (κ1) is 14.8. The van der Waals surface area contributed by atoms with E-state index in [1.54, 1.807) is 6.07 Å². The molecule has 1 aromatic carbocycles. The van der Waals surface area contributed by atoms with Gasteiger partial charge in [0.1, 0.15) is 11.5 Å². The Hall–Kier alpha value is -1.26. The van der Waals surface area contributed by atoms with Gasteiger partial charge in [-0.2, -0.15) is 0 Å². The van der Waals surface area contributed by atoms with Gasteiger partial charge in [-0.05, 0) is 46.0 Å². The van der Waals surface area contributed by atoms with E-state index in [1.807, 2.05) is 6.92 Å². The second-order valence-electron chi connectivity index (χ2n) is 4.99. The monoisotopic (exact) mass is 252 g/mol. The molecular formula is C14H24N2O2. The molecule has 0 saturated heterocycles. The number of phenolic OH excluding ortho intramolecular Hbond substituents is 2. The predicted octanol–water partition coefficient (Wildman–Crippen LogP) is 2.09. The van der Waals surface area contributed by atoms with Crippen LogP contribution in [0.3, 0.4) is 0 Å². The lowest BCUT2D eigenvalue weighted by molar-refractivity contribution is 0.269. The average molecular weight is 252 g/mol. The lowest BCUT2D eigenvalue weighted by Crippen LogP contribution is -2.34. The van der Waals surface area contributed by atoms with E-state index in [-0.39, 0.29) is 17.5 Å². The van der Waals surface area contributed by atoms with Crippen LogP contribution in [0.25, 0.3) is 0 Å². The molecule has 0 aliphatic heterocycles. The number of nitrogens with one attached hydrogen (secondary N) is 1. The fourth-order valence-electron chi connectivity index (χ4n) is 1.71. The fourth-order valence-corrected chi connectivity index (χ4v) is 1.71. The van der Waals surface area contributed by atoms with Gasteiger partial charge in [0.2, 0.25) is 0 Å². The largest absolute Gasteiger partial charge is 0.508 e. The molecule has 0 aliphatic rings. The summed E-state index contributed by atoms with van der Waals surface area (Å²) in [7, 11) is 2.09. The summed E-state index contributed by atoms with van der Waals surface area (Å²) in [5.74, 6) is 0.390. The maximum Gasteiger partial charge on any atom is 0.120 e. The smallest absolute Gasteiger partial charge is 0.120 e. The highest BCUT2D eigenvalue weighted by Gasteiger charge is 2.11. The molecular weight excluding hydrogens is 228 g/mol. The molecule has 0 spiro atoms. The van der Waals surface area contributed by atoms with Gasteiger partial charge in [0.25, 0.3) is 0 Å². The van der Waals surface area contributed by atoms with Crippen LogP contribution in [0.2, 0.25) is 0 Å². The normalized spacial score (nSPS) is 13.2. The van der Waals surface area contributed by atoms with Crippen molar-refractivity contribution in [3.8, 4) is 11.5 Å². The van der Waals surface area contributed by atoms with Gasteiger partial charge in [-0.3, -0.25) is 0 Å². The molecule has 0 amide bonds. The molecule has 0 aromatic heterocycles. The molecule has 0 fully saturated rings. The number of hydrogen-bond acceptors (Lipinski definition) is 4. The van der Waals surface area contributed by atoms with Crippen molar-refractivity contribution in [2.75, 3.05) is 20.1 Å². The quantitative estimate of drug-likeness (QED) is 0.679. The van der Waals surface area contributed by atoms with Gasteiger partial charge in [0.15, 0.2) is 0 Å². The Kier molecular flexibility index (Phi) is 5.44. The molecule has 1 rings (SSSR count). The van der Waals surface area contributed by atoms with Crippen LogP contribution in [0.5, 0.6) is 11.5 Å². The summed E-state index contributed by atoms with van der Waals surface area (Å²) in [4.78, 5) is 2.25. The second-order valence-corrected chi connectivity index (χ2v) is 4.99. The molecule has 4 nitrogen and oxygen atoms in total. The molecule has 0 radical (unpaired) electrons. The van der Waals surface area contributed by atoms with Gasteiger partial charge in [-0.1, -0.05) is 0 Å². The Labute approximate surface area is 109 Å². The van der Waals surface area contributed by atoms with Crippen LogP contribution in [0.1, 0.15) is 32.4 Å². The molecule has 4 heteroatoms. The summed E-state index contributed by atoms with van der Waals surface area (Å²) < 4.78 is 0. The van der Waals surface area contributed by atoms with Crippen molar-refractivity contribution in [1.82, 2.24) is 10.2 Å². The zero-order chi connectivity index (χ0) is 13.7. The fraction of sp³-hybridized carbons (Fsp3) is 0.571. The Bertz CT molecular complexity index is 380. The number of rotatable bonds is 6. The third-order valence-corrected chi connectivity index (χ3v) is 3.27. The van der Waals surface area contributed by atoms with E-state index in [9.17, 15) is 10.2 Å². The van der Waals surface area contributed by atoms with Gasteiger partial charge in [0.05, 0.1) is 0 Å². The number of hydrogen-bond donors (Lipinski definition) is 3. The Morgan fingerprint density at radius 3 is 2.50 bits per heavy atom. The highest BCUT2D eigenvalue weighted by molar-refractivity contribution is 5.40. The van der Waals surface area contributed by atoms with E-state index in [2.05, 4.69) is 31.1 Å². The number of phenols is 2. The van der Waals surface area contributed by atoms with E-state index in [0.29, 0.717) is 6.04 Å². The molecule has 0 aliphatic carbocycles. The maximum atomic E-state index is 9.74. The molecule has 1 unspecified atom stereocenters. The highest BCUT2D eigenvalue weighted by Crippen LogP contribution is 2.27. The van der Waals surface area contributed by atoms with Crippen molar-refractivity contribution in [3.63, 3.8) is 0 Å². The van der Waals surface area contributed by atoms with Crippen LogP contribution < -0.4 is 5.32 Å². The minimum atomic E-state index is 0.0117. The zero-order valence-electron chi connectivity index (χ0n) is 11.6. The number of aromatic hydroxyl groups is 2. The van der Waals surface area contributed by atoms with Crippen LogP contribution in [0, 0.1) is 0 Å². The number of benzene rings is 1. The highest BCUT2D eigenvalue weighted by atomic mass is 16.3. The van der Waals surface area contributed by atoms with Crippen LogP contribution in [0.15, 0.2) is 18.2 Å². The summed E-state index contributed by atoms with van der Waals surface area (Å²) >= 11 is 0. The van der Waals surface area contributed by atoms with Gasteiger partial charge in [-0.15, -0.1) is 0 Å². The van der Waals surface area contributed by atoms with Crippen LogP contribution in [0.4, 0.5) is 0 Å². The topological polar surface area (TPSA) is 55.7 Å². The first-order chi connectivity index (χ1) is 8.41. The molecule has 102 valence electrons. The molecule has 1 aromatic rings. The lowest BCUT2D eigenvalue weighted by atomic mass is 10.1. The van der Waals surface area contributed by atoms with Crippen molar-refractivity contribution >= 4 is 0 Å². The Balaban J connectivity index is 2.50. The van der Waals surface area contributed by atoms with Gasteiger partial charge < -0.3 is 20.4 Å². The standard InChI is InChI=1S/C14H24N2O2/c1-10(2)16(4)8-7-15-11(3)13-9-12(17)5-6-14(13)18/h5-6,9-11,15,17-18H,7-8H2,1-4H3. The first-order valence-electron chi connectivity index (χ1n) is 6.37. The number of nitrogens with zero attached hydrogens (tertiary/aromatic N) is 1. The van der Waals surface area contributed by atoms with Crippen molar-refractivity contribution in [1.29, 1.82) is 0 Å². The summed E-state index contributed by atoms with van der Waals surface area (Å²) in [6.45, 7) is 8.07. The number of likely N-dealkylation sites (N-methyl/N-ethyl adjacent to an activating group) is 1. The van der Waals surface area contributed by atoms with Crippen molar-refractivity contribution in [2.45, 2.75) is 32.9 Å². The second kappa shape index (κ2) is 6.61. The minimum Gasteiger partial charge on any atom is -0.508 e. The van der Waals surface area contributed by atoms with E-state index in [0.717, 1.165) is 18.7 Å². The molecule has 18 heavy (non-hydrogen) atoms. The maximum absolute atomic E-state index is 9.74. The van der Waals surface area contributed by atoms with E-state index in [4.69, 9.17) is 0 Å². The third kappa shape index (κ3) is 4.20. The van der Waals surface area contributed by atoms with Crippen LogP contribution in [-0.2, 0) is 0 Å². The van der Waals surface area contributed by atoms with Gasteiger partial charge in [-0.25, -0.2) is 0 Å². The Morgan fingerprint density at radius 2 is 1.89 bits per heavy atom. The molecule has 1 atom stereocenters. The SMILES string of the molecule is CC(NCCN(C)C(C)C)c1cc(O)ccc1O. The predicted molar refractivity (Wildman–Crippen MR) is 74.0 cm³/mol. The van der Waals surface area contributed by atoms with Crippen LogP contribution >= 0.6 is 0 Å². The van der Waals surface area contributed by atoms with Gasteiger partial charge >= 0.3 is 0 Å². The zero-order valence-corrected chi connectivity index (χ0v) is 11.6. The van der Waals surface area contributed by atoms with Gasteiger partial charge in [0, 0.05) is 30.7 Å². The summed E-state index contributed by atoms with van der Waals surface area (Å²) in [6.07, 6.45) is 0. The summed E-state index contributed by atoms with van der Waals surface area (Å²) in [5, 5.41) is 22.5. The molecule has 3 N–H and O–H groups in total. The summed E-state index contributed by atoms with van der Waals surface area (Å²) in [6, 6.07) is 5.13. The van der Waals surface area contributed by atoms with Crippen molar-refractivity contribution < 1.29 is 10.2 Å². The Morgan fingerprint density at radius 1 is 1.22 bits per heavy atom. The first-order valence-corrected chi connectivity index (χ1v) is 6.37. The summed E-state index contributed by atoms with van der Waals surface area (Å²) in [5.41, 5.74) is 0.724. The van der Waals surface area contributed by atoms with E-state index in [1.165, 1.54) is 12.1 Å². The average Bonchev–Trinajstić information content (AvgIpc) is 2.31. The van der Waals surface area contributed by atoms with Crippen molar-refractivity contribution in [3.05, 3.63) is 23.8 Å². The van der Waals surface area contributed by atoms with E-state index >= 15 is 0 Å². The molecule has 0 saturated carbocycles.